The molecule has 7 heteroatoms. The van der Waals surface area contributed by atoms with E-state index in [0.29, 0.717) is 0 Å². The minimum Gasteiger partial charge on any atom is -0.467 e. The van der Waals surface area contributed by atoms with Gasteiger partial charge in [-0.05, 0) is 0 Å². The van der Waals surface area contributed by atoms with Gasteiger partial charge in [-0.2, -0.15) is 8.78 Å². The lowest BCUT2D eigenvalue weighted by Gasteiger charge is -2.14. The van der Waals surface area contributed by atoms with Gasteiger partial charge in [-0.25, -0.2) is 13.6 Å². The molecule has 0 aliphatic heterocycles. The maximum atomic E-state index is 12.1. The first kappa shape index (κ1) is 12.2. The zero-order chi connectivity index (χ0) is 10.5. The molecule has 0 aromatic carbocycles. The lowest BCUT2D eigenvalue weighted by molar-refractivity contribution is -0.174. The van der Waals surface area contributed by atoms with E-state index in [1.807, 2.05) is 0 Å². The van der Waals surface area contributed by atoms with Crippen LogP contribution in [0.15, 0.2) is 0 Å². The topological polar surface area (TPSA) is 35.5 Å². The fourth-order valence-corrected chi connectivity index (χ4v) is 0.392. The van der Waals surface area contributed by atoms with Crippen LogP contribution in [0.4, 0.5) is 17.6 Å². The van der Waals surface area contributed by atoms with E-state index in [1.54, 1.807) is 0 Å². The van der Waals surface area contributed by atoms with Crippen molar-refractivity contribution in [3.05, 3.63) is 0 Å². The predicted molar refractivity (Wildman–Crippen MR) is 33.8 cm³/mol. The van der Waals surface area contributed by atoms with Crippen LogP contribution in [0.5, 0.6) is 0 Å². The summed E-state index contributed by atoms with van der Waals surface area (Å²) in [6.45, 7) is -2.27. The molecule has 0 unspecified atom stereocenters. The van der Waals surface area contributed by atoms with E-state index in [0.717, 1.165) is 7.11 Å². The summed E-state index contributed by atoms with van der Waals surface area (Å²) in [4.78, 5) is 10.3. The molecule has 0 N–H and O–H groups in total. The molecule has 0 atom stereocenters. The lowest BCUT2D eigenvalue weighted by Crippen LogP contribution is -2.33. The maximum Gasteiger partial charge on any atom is 0.331 e. The van der Waals surface area contributed by atoms with E-state index in [1.165, 1.54) is 0 Å². The Labute approximate surface area is 71.6 Å². The number of alkyl halides is 4. The van der Waals surface area contributed by atoms with Crippen LogP contribution in [0, 0.1) is 0 Å². The normalized spacial score (nSPS) is 11.8. The number of hydrogen-bond acceptors (Lipinski definition) is 3. The van der Waals surface area contributed by atoms with Crippen LogP contribution < -0.4 is 0 Å². The van der Waals surface area contributed by atoms with Crippen LogP contribution in [0.1, 0.15) is 0 Å². The molecule has 13 heavy (non-hydrogen) atoms. The Morgan fingerprint density at radius 3 is 2.38 bits per heavy atom. The van der Waals surface area contributed by atoms with Crippen molar-refractivity contribution in [2.75, 3.05) is 20.3 Å². The Morgan fingerprint density at radius 2 is 2.00 bits per heavy atom. The van der Waals surface area contributed by atoms with Gasteiger partial charge < -0.3 is 9.47 Å². The summed E-state index contributed by atoms with van der Waals surface area (Å²) >= 11 is 0. The van der Waals surface area contributed by atoms with Crippen molar-refractivity contribution in [1.82, 2.24) is 0 Å². The average molecular weight is 204 g/mol. The summed E-state index contributed by atoms with van der Waals surface area (Å²) in [5, 5.41) is 0. The molecule has 0 aliphatic carbocycles. The molecule has 0 aromatic heterocycles. The second-order valence-corrected chi connectivity index (χ2v) is 2.13. The van der Waals surface area contributed by atoms with E-state index in [2.05, 4.69) is 9.47 Å². The van der Waals surface area contributed by atoms with E-state index in [9.17, 15) is 22.4 Å². The Kier molecular flexibility index (Phi) is 4.68. The molecule has 0 heterocycles. The van der Waals surface area contributed by atoms with E-state index in [-0.39, 0.29) is 0 Å². The smallest absolute Gasteiger partial charge is 0.331 e. The van der Waals surface area contributed by atoms with Crippen molar-refractivity contribution in [3.63, 3.8) is 0 Å². The zero-order valence-electron chi connectivity index (χ0n) is 6.73. The third-order valence-corrected chi connectivity index (χ3v) is 1.06. The number of esters is 1. The summed E-state index contributed by atoms with van der Waals surface area (Å²) in [5.41, 5.74) is 0. The van der Waals surface area contributed by atoms with Crippen molar-refractivity contribution in [1.29, 1.82) is 0 Å². The van der Waals surface area contributed by atoms with Gasteiger partial charge in [-0.1, -0.05) is 0 Å². The molecule has 0 aliphatic rings. The minimum absolute atomic E-state index is 0.765. The van der Waals surface area contributed by atoms with Crippen LogP contribution in [-0.2, 0) is 14.3 Å². The summed E-state index contributed by atoms with van der Waals surface area (Å²) in [5.74, 6) is -5.13. The van der Waals surface area contributed by atoms with Gasteiger partial charge in [-0.3, -0.25) is 0 Å². The molecule has 0 fully saturated rings. The second kappa shape index (κ2) is 5.00. The Morgan fingerprint density at radius 1 is 1.46 bits per heavy atom. The zero-order valence-corrected chi connectivity index (χ0v) is 6.73. The summed E-state index contributed by atoms with van der Waals surface area (Å²) in [7, 11) is 1.02. The molecule has 0 saturated carbocycles. The number of ether oxygens (including phenoxy) is 2. The van der Waals surface area contributed by atoms with Gasteiger partial charge in [0.1, 0.15) is 13.2 Å². The van der Waals surface area contributed by atoms with Crippen LogP contribution in [0.3, 0.4) is 0 Å². The summed E-state index contributed by atoms with van der Waals surface area (Å²) in [6.07, 6.45) is -3.80. The van der Waals surface area contributed by atoms with E-state index >= 15 is 0 Å². The van der Waals surface area contributed by atoms with Crippen molar-refractivity contribution in [3.8, 4) is 0 Å². The van der Waals surface area contributed by atoms with Gasteiger partial charge in [0.25, 0.3) is 0 Å². The number of rotatable bonds is 5. The van der Waals surface area contributed by atoms with Crippen molar-refractivity contribution >= 4 is 5.97 Å². The standard InChI is InChI=1S/C6H8F4O3/c1-12-4(11)2-13-3-6(9,10)5(7)8/h5H,2-3H2,1H3. The van der Waals surface area contributed by atoms with Gasteiger partial charge in [0.2, 0.25) is 0 Å². The first-order chi connectivity index (χ1) is 5.90. The number of methoxy groups -OCH3 is 1. The minimum atomic E-state index is -4.23. The van der Waals surface area contributed by atoms with Gasteiger partial charge in [0.05, 0.1) is 7.11 Å². The Hall–Kier alpha value is -0.850. The van der Waals surface area contributed by atoms with Crippen LogP contribution in [-0.4, -0.2) is 38.6 Å². The highest BCUT2D eigenvalue weighted by atomic mass is 19.3. The molecule has 0 rings (SSSR count). The number of carbonyl (C=O) groups excluding carboxylic acids is 1. The predicted octanol–water partition coefficient (Wildman–Crippen LogP) is 1.08. The van der Waals surface area contributed by atoms with E-state index < -0.39 is 31.5 Å². The molecule has 78 valence electrons. The van der Waals surface area contributed by atoms with Crippen LogP contribution >= 0.6 is 0 Å². The SMILES string of the molecule is COC(=O)COCC(F)(F)C(F)F. The highest BCUT2D eigenvalue weighted by molar-refractivity contribution is 5.70. The molecule has 3 nitrogen and oxygen atoms in total. The van der Waals surface area contributed by atoms with Gasteiger partial charge in [0, 0.05) is 0 Å². The first-order valence-corrected chi connectivity index (χ1v) is 3.20. The number of hydrogen-bond donors (Lipinski definition) is 0. The molecule has 0 bridgehead atoms. The number of halogens is 4. The van der Waals surface area contributed by atoms with Crippen LogP contribution in [0.25, 0.3) is 0 Å². The lowest BCUT2D eigenvalue weighted by atomic mass is 10.4. The third kappa shape index (κ3) is 4.66. The fourth-order valence-electron chi connectivity index (χ4n) is 0.392. The largest absolute Gasteiger partial charge is 0.467 e. The van der Waals surface area contributed by atoms with Crippen molar-refractivity contribution < 1.29 is 31.8 Å². The van der Waals surface area contributed by atoms with Gasteiger partial charge in [0.15, 0.2) is 0 Å². The highest BCUT2D eigenvalue weighted by Crippen LogP contribution is 2.22. The van der Waals surface area contributed by atoms with Crippen molar-refractivity contribution in [2.24, 2.45) is 0 Å². The number of carbonyl (C=O) groups is 1. The van der Waals surface area contributed by atoms with Crippen molar-refractivity contribution in [2.45, 2.75) is 12.3 Å². The Bertz CT molecular complexity index is 171. The molecule has 0 amide bonds. The molecule has 0 spiro atoms. The van der Waals surface area contributed by atoms with Gasteiger partial charge in [-0.15, -0.1) is 0 Å². The fraction of sp³-hybridized carbons (Fsp3) is 0.833. The Balaban J connectivity index is 3.70. The van der Waals surface area contributed by atoms with Crippen LogP contribution in [0.2, 0.25) is 0 Å². The molecular formula is C6H8F4O3. The highest BCUT2D eigenvalue weighted by Gasteiger charge is 2.41. The monoisotopic (exact) mass is 204 g/mol. The summed E-state index contributed by atoms with van der Waals surface area (Å²) in [6, 6.07) is 0. The quantitative estimate of drug-likeness (QED) is 0.496. The molecular weight excluding hydrogens is 196 g/mol. The first-order valence-electron chi connectivity index (χ1n) is 3.20. The summed E-state index contributed by atoms with van der Waals surface area (Å²) < 4.78 is 55.1. The second-order valence-electron chi connectivity index (χ2n) is 2.13. The molecule has 0 radical (unpaired) electrons. The molecule has 0 saturated heterocycles. The maximum absolute atomic E-state index is 12.1. The van der Waals surface area contributed by atoms with E-state index in [4.69, 9.17) is 0 Å². The molecule has 0 aromatic rings. The van der Waals surface area contributed by atoms with Gasteiger partial charge >= 0.3 is 18.3 Å². The third-order valence-electron chi connectivity index (χ3n) is 1.06. The average Bonchev–Trinajstić information content (AvgIpc) is 2.03.